The number of hydrogen-bond acceptors (Lipinski definition) is 5. The van der Waals surface area contributed by atoms with E-state index in [1.807, 2.05) is 0 Å². The second kappa shape index (κ2) is 5.11. The van der Waals surface area contributed by atoms with Gasteiger partial charge >= 0.3 is 0 Å². The minimum Gasteiger partial charge on any atom is -0.364 e. The molecular weight excluding hydrogens is 324 g/mol. The molecule has 9 heteroatoms. The molecular formula is C13H12N4O3S2. The number of benzene rings is 1. The number of sulfonamides is 1. The monoisotopic (exact) mass is 336 g/mol. The molecule has 0 spiro atoms. The fourth-order valence-electron chi connectivity index (χ4n) is 2.12. The van der Waals surface area contributed by atoms with Gasteiger partial charge in [-0.3, -0.25) is 9.10 Å². The zero-order valence-corrected chi connectivity index (χ0v) is 13.1. The van der Waals surface area contributed by atoms with Gasteiger partial charge in [0.05, 0.1) is 11.2 Å². The first kappa shape index (κ1) is 14.5. The molecule has 3 N–H and O–H groups in total. The van der Waals surface area contributed by atoms with Crippen molar-refractivity contribution in [1.82, 2.24) is 9.97 Å². The lowest BCUT2D eigenvalue weighted by Crippen LogP contribution is -2.26. The predicted molar refractivity (Wildman–Crippen MR) is 84.5 cm³/mol. The molecule has 0 saturated carbocycles. The third kappa shape index (κ3) is 2.24. The first-order valence-electron chi connectivity index (χ1n) is 6.21. The van der Waals surface area contributed by atoms with E-state index >= 15 is 0 Å². The lowest BCUT2D eigenvalue weighted by atomic mass is 10.2. The second-order valence-electron chi connectivity index (χ2n) is 4.56. The number of anilines is 1. The molecule has 2 heterocycles. The summed E-state index contributed by atoms with van der Waals surface area (Å²) in [6.45, 7) is 0. The molecule has 0 aliphatic rings. The van der Waals surface area contributed by atoms with Crippen molar-refractivity contribution >= 4 is 43.9 Å². The van der Waals surface area contributed by atoms with E-state index in [9.17, 15) is 13.2 Å². The van der Waals surface area contributed by atoms with Crippen LogP contribution in [0.1, 0.15) is 10.5 Å². The summed E-state index contributed by atoms with van der Waals surface area (Å²) in [5, 5.41) is 2.30. The SMILES string of the molecule is CN(c1cccc2cc(C(N)=O)[nH]c12)S(=O)(=O)c1nccs1. The van der Waals surface area contributed by atoms with Crippen LogP contribution in [0.25, 0.3) is 10.9 Å². The summed E-state index contributed by atoms with van der Waals surface area (Å²) in [5.41, 5.74) is 6.42. The van der Waals surface area contributed by atoms with E-state index in [1.165, 1.54) is 13.2 Å². The number of nitrogens with one attached hydrogen (secondary N) is 1. The van der Waals surface area contributed by atoms with Crippen LogP contribution in [0.3, 0.4) is 0 Å². The highest BCUT2D eigenvalue weighted by atomic mass is 32.2. The summed E-state index contributed by atoms with van der Waals surface area (Å²) in [6, 6.07) is 6.72. The van der Waals surface area contributed by atoms with E-state index in [-0.39, 0.29) is 10.0 Å². The average Bonchev–Trinajstić information content (AvgIpc) is 3.14. The largest absolute Gasteiger partial charge is 0.364 e. The van der Waals surface area contributed by atoms with Crippen LogP contribution >= 0.6 is 11.3 Å². The van der Waals surface area contributed by atoms with Crippen molar-refractivity contribution in [3.8, 4) is 0 Å². The van der Waals surface area contributed by atoms with Gasteiger partial charge in [0.2, 0.25) is 4.34 Å². The van der Waals surface area contributed by atoms with Crippen LogP contribution in [0.2, 0.25) is 0 Å². The third-order valence-corrected chi connectivity index (χ3v) is 6.18. The zero-order chi connectivity index (χ0) is 15.9. The third-order valence-electron chi connectivity index (χ3n) is 3.23. The van der Waals surface area contributed by atoms with Gasteiger partial charge in [-0.15, -0.1) is 11.3 Å². The smallest absolute Gasteiger partial charge is 0.291 e. The Morgan fingerprint density at radius 2 is 2.18 bits per heavy atom. The number of fused-ring (bicyclic) bond motifs is 1. The van der Waals surface area contributed by atoms with Gasteiger partial charge < -0.3 is 10.7 Å². The van der Waals surface area contributed by atoms with Crippen molar-refractivity contribution < 1.29 is 13.2 Å². The molecule has 0 saturated heterocycles. The summed E-state index contributed by atoms with van der Waals surface area (Å²) in [6.07, 6.45) is 1.44. The number of para-hydroxylation sites is 1. The molecule has 114 valence electrons. The van der Waals surface area contributed by atoms with E-state index in [4.69, 9.17) is 5.73 Å². The van der Waals surface area contributed by atoms with Gasteiger partial charge in [-0.05, 0) is 12.1 Å². The number of nitrogens with zero attached hydrogens (tertiary/aromatic N) is 2. The Balaban J connectivity index is 2.16. The van der Waals surface area contributed by atoms with Crippen LogP contribution in [0, 0.1) is 0 Å². The molecule has 0 aliphatic carbocycles. The van der Waals surface area contributed by atoms with E-state index in [0.717, 1.165) is 15.6 Å². The molecule has 0 bridgehead atoms. The van der Waals surface area contributed by atoms with Crippen molar-refractivity contribution in [2.75, 3.05) is 11.4 Å². The molecule has 3 rings (SSSR count). The van der Waals surface area contributed by atoms with Crippen molar-refractivity contribution in [2.24, 2.45) is 5.73 Å². The number of rotatable bonds is 4. The summed E-state index contributed by atoms with van der Waals surface area (Å²) in [7, 11) is -2.31. The maximum atomic E-state index is 12.5. The van der Waals surface area contributed by atoms with Gasteiger partial charge in [0.25, 0.3) is 15.9 Å². The molecule has 2 aromatic heterocycles. The Labute approximate surface area is 130 Å². The molecule has 1 aromatic carbocycles. The molecule has 0 atom stereocenters. The topological polar surface area (TPSA) is 109 Å². The minimum atomic E-state index is -3.75. The van der Waals surface area contributed by atoms with E-state index in [1.54, 1.807) is 29.6 Å². The Hall–Kier alpha value is -2.39. The highest BCUT2D eigenvalue weighted by Crippen LogP contribution is 2.30. The van der Waals surface area contributed by atoms with Gasteiger partial charge in [-0.1, -0.05) is 12.1 Å². The molecule has 0 radical (unpaired) electrons. The fourth-order valence-corrected chi connectivity index (χ4v) is 4.31. The highest BCUT2D eigenvalue weighted by molar-refractivity contribution is 7.94. The van der Waals surface area contributed by atoms with Gasteiger partial charge in [0.15, 0.2) is 0 Å². The lowest BCUT2D eigenvalue weighted by molar-refractivity contribution is 0.0996. The Morgan fingerprint density at radius 1 is 1.41 bits per heavy atom. The molecule has 0 fully saturated rings. The van der Waals surface area contributed by atoms with Gasteiger partial charge in [-0.2, -0.15) is 8.42 Å². The van der Waals surface area contributed by atoms with Crippen LogP contribution in [-0.2, 0) is 10.0 Å². The van der Waals surface area contributed by atoms with Crippen molar-refractivity contribution in [3.63, 3.8) is 0 Å². The van der Waals surface area contributed by atoms with E-state index < -0.39 is 15.9 Å². The van der Waals surface area contributed by atoms with Crippen LogP contribution in [-0.4, -0.2) is 31.3 Å². The Morgan fingerprint density at radius 3 is 2.82 bits per heavy atom. The van der Waals surface area contributed by atoms with Gasteiger partial charge in [-0.25, -0.2) is 4.98 Å². The number of amides is 1. The van der Waals surface area contributed by atoms with Gasteiger partial charge in [0, 0.05) is 24.0 Å². The number of H-pyrrole nitrogens is 1. The number of carbonyl (C=O) groups is 1. The number of aromatic nitrogens is 2. The number of primary amides is 1. The van der Waals surface area contributed by atoms with Crippen LogP contribution < -0.4 is 10.0 Å². The fraction of sp³-hybridized carbons (Fsp3) is 0.0769. The van der Waals surface area contributed by atoms with Crippen molar-refractivity contribution in [1.29, 1.82) is 0 Å². The minimum absolute atomic E-state index is 0.00804. The molecule has 0 aliphatic heterocycles. The Bertz CT molecular complexity index is 945. The summed E-state index contributed by atoms with van der Waals surface area (Å²) in [4.78, 5) is 18.0. The summed E-state index contributed by atoms with van der Waals surface area (Å²) in [5.74, 6) is -0.604. The maximum absolute atomic E-state index is 12.5. The quantitative estimate of drug-likeness (QED) is 0.753. The normalized spacial score (nSPS) is 11.7. The standard InChI is InChI=1S/C13H12N4O3S2/c1-17(22(19,20)13-15-5-6-21-13)10-4-2-3-8-7-9(12(14)18)16-11(8)10/h2-7,16H,1H3,(H2,14,18). The Kier molecular flexibility index (Phi) is 3.38. The molecule has 3 aromatic rings. The average molecular weight is 336 g/mol. The predicted octanol–water partition coefficient (Wildman–Crippen LogP) is 1.55. The zero-order valence-electron chi connectivity index (χ0n) is 11.5. The molecule has 7 nitrogen and oxygen atoms in total. The van der Waals surface area contributed by atoms with Crippen molar-refractivity contribution in [3.05, 3.63) is 41.5 Å². The lowest BCUT2D eigenvalue weighted by Gasteiger charge is -2.18. The number of carbonyl (C=O) groups excluding carboxylic acids is 1. The summed E-state index contributed by atoms with van der Waals surface area (Å²) >= 11 is 1.04. The van der Waals surface area contributed by atoms with Crippen LogP contribution in [0.4, 0.5) is 5.69 Å². The van der Waals surface area contributed by atoms with Crippen molar-refractivity contribution in [2.45, 2.75) is 4.34 Å². The van der Waals surface area contributed by atoms with E-state index in [2.05, 4.69) is 9.97 Å². The van der Waals surface area contributed by atoms with E-state index in [0.29, 0.717) is 16.6 Å². The van der Waals surface area contributed by atoms with Crippen LogP contribution in [0.15, 0.2) is 40.2 Å². The molecule has 0 unspecified atom stereocenters. The van der Waals surface area contributed by atoms with Crippen LogP contribution in [0.5, 0.6) is 0 Å². The first-order chi connectivity index (χ1) is 10.4. The number of nitrogens with two attached hydrogens (primary N) is 1. The maximum Gasteiger partial charge on any atom is 0.291 e. The van der Waals surface area contributed by atoms with Gasteiger partial charge in [0.1, 0.15) is 5.69 Å². The molecule has 22 heavy (non-hydrogen) atoms. The summed E-state index contributed by atoms with van der Waals surface area (Å²) < 4.78 is 26.2. The first-order valence-corrected chi connectivity index (χ1v) is 8.53. The number of aromatic amines is 1. The highest BCUT2D eigenvalue weighted by Gasteiger charge is 2.25. The molecule has 1 amide bonds. The number of hydrogen-bond donors (Lipinski definition) is 2. The second-order valence-corrected chi connectivity index (χ2v) is 7.60. The number of thiazole rings is 1.